The van der Waals surface area contributed by atoms with E-state index < -0.39 is 26.0 Å². The maximum Gasteiger partial charge on any atom is 0.261 e. The van der Waals surface area contributed by atoms with E-state index in [-0.39, 0.29) is 16.1 Å². The van der Waals surface area contributed by atoms with Gasteiger partial charge in [-0.15, -0.1) is 0 Å². The van der Waals surface area contributed by atoms with Gasteiger partial charge in [0, 0.05) is 22.3 Å². The summed E-state index contributed by atoms with van der Waals surface area (Å²) < 4.78 is 53.5. The summed E-state index contributed by atoms with van der Waals surface area (Å²) in [5, 5.41) is 4.37. The number of hydrogen-bond donors (Lipinski definition) is 3. The van der Waals surface area contributed by atoms with Crippen LogP contribution in [0.25, 0.3) is 10.8 Å². The molecule has 0 radical (unpaired) electrons. The fourth-order valence-electron chi connectivity index (χ4n) is 3.38. The molecule has 4 aromatic rings. The molecule has 0 spiro atoms. The number of fused-ring (bicyclic) bond motifs is 1. The fourth-order valence-corrected chi connectivity index (χ4v) is 5.01. The number of amides is 1. The fraction of sp³-hybridized carbons (Fsp3) is 0.0417. The van der Waals surface area contributed by atoms with Gasteiger partial charge < -0.3 is 5.32 Å². The van der Waals surface area contributed by atoms with E-state index in [4.69, 9.17) is 0 Å². The molecule has 4 rings (SSSR count). The predicted octanol–water partition coefficient (Wildman–Crippen LogP) is 4.26. The van der Waals surface area contributed by atoms with Crippen LogP contribution >= 0.6 is 0 Å². The number of carbonyl (C=O) groups is 1. The second kappa shape index (κ2) is 9.16. The minimum atomic E-state index is -3.85. The Hall–Kier alpha value is -3.89. The molecule has 0 saturated heterocycles. The van der Waals surface area contributed by atoms with Gasteiger partial charge in [0.25, 0.3) is 15.9 Å². The number of carbonyl (C=O) groups excluding carboxylic acids is 1. The maximum absolute atomic E-state index is 12.9. The Balaban J connectivity index is 1.49. The summed E-state index contributed by atoms with van der Waals surface area (Å²) in [6.07, 6.45) is 1.02. The van der Waals surface area contributed by atoms with Crippen LogP contribution in [0.15, 0.2) is 95.9 Å². The highest BCUT2D eigenvalue weighted by Gasteiger charge is 2.16. The van der Waals surface area contributed by atoms with Crippen LogP contribution in [0.1, 0.15) is 10.4 Å². The molecular formula is C24H21N3O5S2. The first kappa shape index (κ1) is 23.3. The van der Waals surface area contributed by atoms with Crippen LogP contribution in [-0.4, -0.2) is 29.0 Å². The summed E-state index contributed by atoms with van der Waals surface area (Å²) >= 11 is 0. The molecule has 0 heterocycles. The Bertz CT molecular complexity index is 1580. The van der Waals surface area contributed by atoms with Crippen molar-refractivity contribution in [1.29, 1.82) is 0 Å². The zero-order valence-corrected chi connectivity index (χ0v) is 19.7. The second-order valence-corrected chi connectivity index (χ2v) is 11.0. The summed E-state index contributed by atoms with van der Waals surface area (Å²) in [4.78, 5) is 12.6. The number of sulfonamides is 2. The van der Waals surface area contributed by atoms with Gasteiger partial charge in [-0.3, -0.25) is 14.2 Å². The van der Waals surface area contributed by atoms with Gasteiger partial charge in [-0.2, -0.15) is 0 Å². The molecule has 0 fully saturated rings. The number of hydrogen-bond acceptors (Lipinski definition) is 5. The molecule has 0 saturated carbocycles. The van der Waals surface area contributed by atoms with Crippen LogP contribution in [0, 0.1) is 0 Å². The van der Waals surface area contributed by atoms with Crippen LogP contribution in [0.5, 0.6) is 0 Å². The molecule has 0 aromatic heterocycles. The Labute approximate surface area is 197 Å². The van der Waals surface area contributed by atoms with E-state index in [0.29, 0.717) is 11.4 Å². The largest absolute Gasteiger partial charge is 0.322 e. The number of benzene rings is 4. The average Bonchev–Trinajstić information content (AvgIpc) is 2.78. The van der Waals surface area contributed by atoms with E-state index in [2.05, 4.69) is 14.8 Å². The highest BCUT2D eigenvalue weighted by atomic mass is 32.2. The van der Waals surface area contributed by atoms with Crippen LogP contribution in [-0.2, 0) is 20.0 Å². The van der Waals surface area contributed by atoms with Crippen molar-refractivity contribution in [3.8, 4) is 0 Å². The third-order valence-electron chi connectivity index (χ3n) is 4.88. The van der Waals surface area contributed by atoms with Crippen LogP contribution < -0.4 is 14.8 Å². The quantitative estimate of drug-likeness (QED) is 0.354. The molecule has 8 nitrogen and oxygen atoms in total. The van der Waals surface area contributed by atoms with Gasteiger partial charge in [0.1, 0.15) is 0 Å². The summed E-state index contributed by atoms with van der Waals surface area (Å²) in [6, 6.07) is 24.6. The van der Waals surface area contributed by atoms with E-state index in [1.165, 1.54) is 42.5 Å². The van der Waals surface area contributed by atoms with Crippen molar-refractivity contribution in [2.75, 3.05) is 21.0 Å². The van der Waals surface area contributed by atoms with E-state index in [9.17, 15) is 21.6 Å². The molecule has 0 unspecified atom stereocenters. The van der Waals surface area contributed by atoms with Gasteiger partial charge >= 0.3 is 0 Å². The van der Waals surface area contributed by atoms with Gasteiger partial charge in [-0.05, 0) is 53.9 Å². The zero-order chi connectivity index (χ0) is 24.3. The van der Waals surface area contributed by atoms with Crippen molar-refractivity contribution in [1.82, 2.24) is 0 Å². The van der Waals surface area contributed by atoms with Crippen LogP contribution in [0.2, 0.25) is 0 Å². The molecule has 34 heavy (non-hydrogen) atoms. The summed E-state index contributed by atoms with van der Waals surface area (Å²) in [7, 11) is -7.33. The zero-order valence-electron chi connectivity index (χ0n) is 18.0. The standard InChI is InChI=1S/C24H21N3O5S2/c1-33(29,30)26-20-9-4-8-18(16-20)24(28)25-19-12-14-21(15-13-19)34(31,32)27-23-11-5-7-17-6-2-3-10-22(17)23/h2-16,26-27H,1H3,(H,25,28). The lowest BCUT2D eigenvalue weighted by molar-refractivity contribution is 0.102. The molecule has 0 aliphatic heterocycles. The van der Waals surface area contributed by atoms with Crippen molar-refractivity contribution < 1.29 is 21.6 Å². The smallest absolute Gasteiger partial charge is 0.261 e. The molecule has 10 heteroatoms. The van der Waals surface area contributed by atoms with Gasteiger partial charge in [0.15, 0.2) is 0 Å². The predicted molar refractivity (Wildman–Crippen MR) is 134 cm³/mol. The third kappa shape index (κ3) is 5.53. The first-order valence-corrected chi connectivity index (χ1v) is 13.5. The topological polar surface area (TPSA) is 121 Å². The number of rotatable bonds is 7. The minimum Gasteiger partial charge on any atom is -0.322 e. The van der Waals surface area contributed by atoms with Crippen molar-refractivity contribution in [3.63, 3.8) is 0 Å². The van der Waals surface area contributed by atoms with E-state index in [0.717, 1.165) is 17.0 Å². The molecule has 0 atom stereocenters. The molecule has 4 aromatic carbocycles. The molecular weight excluding hydrogens is 474 g/mol. The van der Waals surface area contributed by atoms with Gasteiger partial charge in [0.05, 0.1) is 16.8 Å². The summed E-state index contributed by atoms with van der Waals surface area (Å²) in [5.74, 6) is -0.471. The molecule has 0 aliphatic carbocycles. The Morgan fingerprint density at radius 3 is 2.12 bits per heavy atom. The lowest BCUT2D eigenvalue weighted by Crippen LogP contribution is -2.15. The third-order valence-corrected chi connectivity index (χ3v) is 6.87. The highest BCUT2D eigenvalue weighted by Crippen LogP contribution is 2.26. The molecule has 0 aliphatic rings. The van der Waals surface area contributed by atoms with E-state index in [1.54, 1.807) is 18.2 Å². The lowest BCUT2D eigenvalue weighted by atomic mass is 10.1. The van der Waals surface area contributed by atoms with Crippen LogP contribution in [0.3, 0.4) is 0 Å². The van der Waals surface area contributed by atoms with Gasteiger partial charge in [-0.1, -0.05) is 42.5 Å². The van der Waals surface area contributed by atoms with Crippen molar-refractivity contribution in [3.05, 3.63) is 96.6 Å². The molecule has 0 bridgehead atoms. The average molecular weight is 496 g/mol. The highest BCUT2D eigenvalue weighted by molar-refractivity contribution is 7.92. The Morgan fingerprint density at radius 2 is 1.38 bits per heavy atom. The normalized spacial score (nSPS) is 11.7. The summed E-state index contributed by atoms with van der Waals surface area (Å²) in [6.45, 7) is 0. The van der Waals surface area contributed by atoms with Crippen molar-refractivity contribution in [2.24, 2.45) is 0 Å². The maximum atomic E-state index is 12.9. The second-order valence-electron chi connectivity index (χ2n) is 7.57. The van der Waals surface area contributed by atoms with E-state index >= 15 is 0 Å². The Kier molecular flexibility index (Phi) is 6.27. The first-order valence-electron chi connectivity index (χ1n) is 10.1. The first-order chi connectivity index (χ1) is 16.1. The van der Waals surface area contributed by atoms with Gasteiger partial charge in [0.2, 0.25) is 10.0 Å². The lowest BCUT2D eigenvalue weighted by Gasteiger charge is -2.12. The molecule has 1 amide bonds. The molecule has 174 valence electrons. The van der Waals surface area contributed by atoms with Gasteiger partial charge in [-0.25, -0.2) is 16.8 Å². The van der Waals surface area contributed by atoms with E-state index in [1.807, 2.05) is 30.3 Å². The minimum absolute atomic E-state index is 0.0396. The SMILES string of the molecule is CS(=O)(=O)Nc1cccc(C(=O)Nc2ccc(S(=O)(=O)Nc3cccc4ccccc34)cc2)c1. The number of nitrogens with one attached hydrogen (secondary N) is 3. The monoisotopic (exact) mass is 495 g/mol. The Morgan fingerprint density at radius 1 is 0.706 bits per heavy atom. The summed E-state index contributed by atoms with van der Waals surface area (Å²) in [5.41, 5.74) is 1.35. The molecule has 3 N–H and O–H groups in total. The van der Waals surface area contributed by atoms with Crippen molar-refractivity contribution >= 4 is 53.8 Å². The number of anilines is 3. The van der Waals surface area contributed by atoms with Crippen LogP contribution in [0.4, 0.5) is 17.1 Å². The van der Waals surface area contributed by atoms with Crippen molar-refractivity contribution in [2.45, 2.75) is 4.90 Å².